The van der Waals surface area contributed by atoms with Gasteiger partial charge in [-0.3, -0.25) is 11.3 Å². The van der Waals surface area contributed by atoms with Gasteiger partial charge in [0.1, 0.15) is 0 Å². The van der Waals surface area contributed by atoms with Gasteiger partial charge in [-0.2, -0.15) is 0 Å². The van der Waals surface area contributed by atoms with Crippen molar-refractivity contribution in [1.82, 2.24) is 5.43 Å². The van der Waals surface area contributed by atoms with E-state index in [9.17, 15) is 0 Å². The first kappa shape index (κ1) is 14.9. The van der Waals surface area contributed by atoms with E-state index in [1.54, 1.807) is 18.4 Å². The van der Waals surface area contributed by atoms with Crippen LogP contribution in [0.5, 0.6) is 0 Å². The Morgan fingerprint density at radius 1 is 1.47 bits per heavy atom. The summed E-state index contributed by atoms with van der Waals surface area (Å²) in [4.78, 5) is 1.22. The molecule has 17 heavy (non-hydrogen) atoms. The van der Waals surface area contributed by atoms with E-state index in [4.69, 9.17) is 22.2 Å². The highest BCUT2D eigenvalue weighted by molar-refractivity contribution is 7.16. The highest BCUT2D eigenvalue weighted by atomic mass is 35.5. The Balaban J connectivity index is 2.82. The average Bonchev–Trinajstić information content (AvgIpc) is 2.76. The largest absolute Gasteiger partial charge is 0.377 e. The third kappa shape index (κ3) is 3.42. The molecule has 0 aromatic carbocycles. The van der Waals surface area contributed by atoms with E-state index in [1.807, 2.05) is 12.1 Å². The topological polar surface area (TPSA) is 47.3 Å². The monoisotopic (exact) mass is 276 g/mol. The second-order valence-corrected chi connectivity index (χ2v) is 5.90. The number of rotatable bonds is 7. The number of nitrogens with one attached hydrogen (secondary N) is 1. The molecule has 98 valence electrons. The molecule has 0 saturated carbocycles. The average molecular weight is 277 g/mol. The maximum atomic E-state index is 5.94. The van der Waals surface area contributed by atoms with Crippen LogP contribution in [0.1, 0.15) is 31.6 Å². The number of halogens is 1. The zero-order valence-electron chi connectivity index (χ0n) is 10.6. The summed E-state index contributed by atoms with van der Waals surface area (Å²) in [7, 11) is 1.75. The number of hydrogen-bond acceptors (Lipinski definition) is 4. The molecule has 1 aromatic heterocycles. The predicted octanol–water partition coefficient (Wildman–Crippen LogP) is 2.98. The molecule has 0 saturated heterocycles. The molecule has 1 heterocycles. The molecule has 1 atom stereocenters. The minimum Gasteiger partial charge on any atom is -0.377 e. The van der Waals surface area contributed by atoms with Crippen molar-refractivity contribution >= 4 is 22.9 Å². The summed E-state index contributed by atoms with van der Waals surface area (Å²) in [5.41, 5.74) is 2.68. The summed E-state index contributed by atoms with van der Waals surface area (Å²) in [6.07, 6.45) is 2.69. The number of hydrazine groups is 1. The molecule has 3 nitrogen and oxygen atoms in total. The Bertz CT molecular complexity index is 331. The van der Waals surface area contributed by atoms with Gasteiger partial charge in [-0.25, -0.2) is 0 Å². The van der Waals surface area contributed by atoms with Crippen LogP contribution in [0.2, 0.25) is 4.34 Å². The maximum Gasteiger partial charge on any atom is 0.0931 e. The second kappa shape index (κ2) is 6.71. The molecule has 0 spiro atoms. The summed E-state index contributed by atoms with van der Waals surface area (Å²) in [5, 5.41) is 0. The molecule has 0 radical (unpaired) electrons. The van der Waals surface area contributed by atoms with Crippen LogP contribution < -0.4 is 11.3 Å². The van der Waals surface area contributed by atoms with Gasteiger partial charge in [-0.1, -0.05) is 25.4 Å². The van der Waals surface area contributed by atoms with Gasteiger partial charge in [-0.15, -0.1) is 11.3 Å². The third-order valence-corrected chi connectivity index (χ3v) is 4.73. The molecule has 5 heteroatoms. The van der Waals surface area contributed by atoms with Gasteiger partial charge in [0.15, 0.2) is 0 Å². The van der Waals surface area contributed by atoms with Crippen molar-refractivity contribution in [2.45, 2.75) is 44.8 Å². The lowest BCUT2D eigenvalue weighted by Crippen LogP contribution is -2.55. The van der Waals surface area contributed by atoms with Crippen LogP contribution in [-0.4, -0.2) is 18.8 Å². The summed E-state index contributed by atoms with van der Waals surface area (Å²) in [6, 6.07) is 4.06. The van der Waals surface area contributed by atoms with Gasteiger partial charge < -0.3 is 4.74 Å². The van der Waals surface area contributed by atoms with E-state index in [2.05, 4.69) is 19.3 Å². The van der Waals surface area contributed by atoms with Gasteiger partial charge in [0.2, 0.25) is 0 Å². The van der Waals surface area contributed by atoms with Gasteiger partial charge in [0, 0.05) is 18.4 Å². The third-order valence-electron chi connectivity index (χ3n) is 3.47. The minimum absolute atomic E-state index is 0.0946. The number of thiophene rings is 1. The Labute approximate surface area is 112 Å². The molecule has 1 aromatic rings. The SMILES string of the molecule is CCC(CC)(OC)C(Cc1ccc(Cl)s1)NN. The van der Waals surface area contributed by atoms with Crippen molar-refractivity contribution in [2.24, 2.45) is 5.84 Å². The van der Waals surface area contributed by atoms with Crippen LogP contribution in [0.25, 0.3) is 0 Å². The number of nitrogens with two attached hydrogens (primary N) is 1. The van der Waals surface area contributed by atoms with Crippen LogP contribution in [0.3, 0.4) is 0 Å². The summed E-state index contributed by atoms with van der Waals surface area (Å²) >= 11 is 7.53. The fraction of sp³-hybridized carbons (Fsp3) is 0.667. The smallest absolute Gasteiger partial charge is 0.0931 e. The first-order valence-corrected chi connectivity index (χ1v) is 7.06. The molecule has 1 rings (SSSR count). The van der Waals surface area contributed by atoms with E-state index >= 15 is 0 Å². The Kier molecular flexibility index (Phi) is 5.89. The van der Waals surface area contributed by atoms with Crippen LogP contribution in [0, 0.1) is 0 Å². The van der Waals surface area contributed by atoms with Crippen molar-refractivity contribution in [3.05, 3.63) is 21.3 Å². The summed E-state index contributed by atoms with van der Waals surface area (Å²) in [5.74, 6) is 5.68. The van der Waals surface area contributed by atoms with Crippen LogP contribution in [-0.2, 0) is 11.2 Å². The molecule has 0 bridgehead atoms. The normalized spacial score (nSPS) is 13.9. The van der Waals surface area contributed by atoms with Crippen molar-refractivity contribution in [1.29, 1.82) is 0 Å². The van der Waals surface area contributed by atoms with E-state index in [-0.39, 0.29) is 11.6 Å². The molecule has 0 aliphatic heterocycles. The van der Waals surface area contributed by atoms with E-state index in [0.717, 1.165) is 23.6 Å². The summed E-state index contributed by atoms with van der Waals surface area (Å²) < 4.78 is 6.51. The summed E-state index contributed by atoms with van der Waals surface area (Å²) in [6.45, 7) is 4.25. The number of hydrogen-bond donors (Lipinski definition) is 2. The molecule has 3 N–H and O–H groups in total. The van der Waals surface area contributed by atoms with Gasteiger partial charge in [0.05, 0.1) is 16.0 Å². The van der Waals surface area contributed by atoms with E-state index in [0.29, 0.717) is 0 Å². The molecular weight excluding hydrogens is 256 g/mol. The molecule has 0 aliphatic carbocycles. The van der Waals surface area contributed by atoms with Gasteiger partial charge >= 0.3 is 0 Å². The molecular formula is C12H21ClN2OS. The lowest BCUT2D eigenvalue weighted by Gasteiger charge is -2.38. The molecule has 0 amide bonds. The predicted molar refractivity (Wildman–Crippen MR) is 74.5 cm³/mol. The van der Waals surface area contributed by atoms with Gasteiger partial charge in [-0.05, 0) is 25.0 Å². The zero-order chi connectivity index (χ0) is 12.9. The fourth-order valence-electron chi connectivity index (χ4n) is 2.23. The Morgan fingerprint density at radius 2 is 2.12 bits per heavy atom. The number of methoxy groups -OCH3 is 1. The van der Waals surface area contributed by atoms with E-state index in [1.165, 1.54) is 4.88 Å². The molecule has 0 aliphatic rings. The van der Waals surface area contributed by atoms with Gasteiger partial charge in [0.25, 0.3) is 0 Å². The highest BCUT2D eigenvalue weighted by Crippen LogP contribution is 2.29. The fourth-order valence-corrected chi connectivity index (χ4v) is 3.37. The molecule has 1 unspecified atom stereocenters. The maximum absolute atomic E-state index is 5.94. The van der Waals surface area contributed by atoms with Crippen LogP contribution >= 0.6 is 22.9 Å². The first-order chi connectivity index (χ1) is 8.11. The lowest BCUT2D eigenvalue weighted by molar-refractivity contribution is -0.0471. The molecule has 0 fully saturated rings. The Hall–Kier alpha value is -0.130. The second-order valence-electron chi connectivity index (χ2n) is 4.11. The highest BCUT2D eigenvalue weighted by Gasteiger charge is 2.35. The Morgan fingerprint density at radius 3 is 2.47 bits per heavy atom. The van der Waals surface area contributed by atoms with Crippen molar-refractivity contribution in [3.63, 3.8) is 0 Å². The van der Waals surface area contributed by atoms with E-state index < -0.39 is 0 Å². The number of ether oxygens (including phenoxy) is 1. The first-order valence-electron chi connectivity index (χ1n) is 5.87. The minimum atomic E-state index is -0.217. The standard InChI is InChI=1S/C12H21ClN2OS/c1-4-12(5-2,16-3)10(15-14)8-9-6-7-11(13)17-9/h6-7,10,15H,4-5,8,14H2,1-3H3. The van der Waals surface area contributed by atoms with Crippen molar-refractivity contribution in [2.75, 3.05) is 7.11 Å². The van der Waals surface area contributed by atoms with Crippen molar-refractivity contribution < 1.29 is 4.74 Å². The quantitative estimate of drug-likeness (QED) is 0.595. The van der Waals surface area contributed by atoms with Crippen molar-refractivity contribution in [3.8, 4) is 0 Å². The van der Waals surface area contributed by atoms with Crippen LogP contribution in [0.15, 0.2) is 12.1 Å². The van der Waals surface area contributed by atoms with Crippen LogP contribution in [0.4, 0.5) is 0 Å². The zero-order valence-corrected chi connectivity index (χ0v) is 12.2. The lowest BCUT2D eigenvalue weighted by atomic mass is 9.86.